The van der Waals surface area contributed by atoms with Crippen LogP contribution in [-0.2, 0) is 0 Å². The van der Waals surface area contributed by atoms with Gasteiger partial charge in [-0.2, -0.15) is 0 Å². The smallest absolute Gasteiger partial charge is 0.175 e. The predicted octanol–water partition coefficient (Wildman–Crippen LogP) is 3.93. The van der Waals surface area contributed by atoms with Gasteiger partial charge in [0.2, 0.25) is 0 Å². The zero-order valence-electron chi connectivity index (χ0n) is 11.6. The summed E-state index contributed by atoms with van der Waals surface area (Å²) in [4.78, 5) is 1.97. The van der Waals surface area contributed by atoms with Crippen molar-refractivity contribution in [3.8, 4) is 0 Å². The number of benzene rings is 1. The third-order valence-corrected chi connectivity index (χ3v) is 3.45. The van der Waals surface area contributed by atoms with Crippen LogP contribution in [0.2, 0.25) is 5.02 Å². The average Bonchev–Trinajstić information content (AvgIpc) is 2.39. The van der Waals surface area contributed by atoms with Crippen LogP contribution in [0.25, 0.3) is 0 Å². The highest BCUT2D eigenvalue weighted by molar-refractivity contribution is 7.80. The predicted molar refractivity (Wildman–Crippen MR) is 91.6 cm³/mol. The van der Waals surface area contributed by atoms with Crippen molar-refractivity contribution in [1.29, 1.82) is 0 Å². The first kappa shape index (κ1) is 14.9. The molecule has 0 radical (unpaired) electrons. The van der Waals surface area contributed by atoms with Gasteiger partial charge in [0.25, 0.3) is 0 Å². The Morgan fingerprint density at radius 1 is 1.25 bits per heavy atom. The van der Waals surface area contributed by atoms with Crippen LogP contribution in [0.1, 0.15) is 12.8 Å². The first-order valence-corrected chi connectivity index (χ1v) is 7.26. The van der Waals surface area contributed by atoms with Gasteiger partial charge in [0.05, 0.1) is 10.7 Å². The molecule has 1 aliphatic carbocycles. The largest absolute Gasteiger partial charge is 0.376 e. The Morgan fingerprint density at radius 2 is 2.05 bits per heavy atom. The van der Waals surface area contributed by atoms with Crippen molar-refractivity contribution in [3.05, 3.63) is 47.1 Å². The number of anilines is 2. The number of hydrogen-bond donors (Lipinski definition) is 2. The third-order valence-electron chi connectivity index (χ3n) is 2.94. The van der Waals surface area contributed by atoms with E-state index in [0.29, 0.717) is 10.1 Å². The van der Waals surface area contributed by atoms with Crippen molar-refractivity contribution in [2.45, 2.75) is 12.8 Å². The maximum atomic E-state index is 6.23. The van der Waals surface area contributed by atoms with Crippen LogP contribution in [0, 0.1) is 0 Å². The van der Waals surface area contributed by atoms with Gasteiger partial charge in [-0.3, -0.25) is 0 Å². The highest BCUT2D eigenvalue weighted by Gasteiger charge is 2.05. The summed E-state index contributed by atoms with van der Waals surface area (Å²) in [7, 11) is 3.92. The summed E-state index contributed by atoms with van der Waals surface area (Å²) in [6, 6.07) is 5.79. The van der Waals surface area contributed by atoms with Gasteiger partial charge in [0, 0.05) is 25.5 Å². The van der Waals surface area contributed by atoms with E-state index in [0.717, 1.165) is 29.9 Å². The Balaban J connectivity index is 1.99. The lowest BCUT2D eigenvalue weighted by molar-refractivity contribution is 0.987. The monoisotopic (exact) mass is 307 g/mol. The highest BCUT2D eigenvalue weighted by Crippen LogP contribution is 2.27. The molecule has 1 aromatic carbocycles. The quantitative estimate of drug-likeness (QED) is 0.828. The summed E-state index contributed by atoms with van der Waals surface area (Å²) < 4.78 is 0. The van der Waals surface area contributed by atoms with Gasteiger partial charge in [-0.15, -0.1) is 0 Å². The molecule has 0 aliphatic heterocycles. The first-order chi connectivity index (χ1) is 9.56. The molecule has 0 spiro atoms. The molecular weight excluding hydrogens is 290 g/mol. The summed E-state index contributed by atoms with van der Waals surface area (Å²) in [5.41, 5.74) is 2.89. The van der Waals surface area contributed by atoms with Gasteiger partial charge in [-0.05, 0) is 49.3 Å². The van der Waals surface area contributed by atoms with E-state index in [1.807, 2.05) is 43.3 Å². The number of nitrogens with one attached hydrogen (secondary N) is 2. The molecule has 0 bridgehead atoms. The second-order valence-electron chi connectivity index (χ2n) is 4.78. The summed E-state index contributed by atoms with van der Waals surface area (Å²) in [5.74, 6) is 0. The van der Waals surface area contributed by atoms with Crippen LogP contribution in [0.4, 0.5) is 11.4 Å². The maximum absolute atomic E-state index is 6.23. The molecule has 1 aliphatic rings. The SMILES string of the molecule is CN(C)c1ccc(NC(=S)NC2=CCCC=C2)cc1Cl. The van der Waals surface area contributed by atoms with Crippen molar-refractivity contribution in [2.75, 3.05) is 24.3 Å². The molecule has 0 heterocycles. The van der Waals surface area contributed by atoms with E-state index in [4.69, 9.17) is 23.8 Å². The molecule has 0 fully saturated rings. The Hall–Kier alpha value is -1.52. The molecule has 2 rings (SSSR count). The van der Waals surface area contributed by atoms with Gasteiger partial charge in [-0.25, -0.2) is 0 Å². The van der Waals surface area contributed by atoms with E-state index in [9.17, 15) is 0 Å². The Morgan fingerprint density at radius 3 is 2.65 bits per heavy atom. The van der Waals surface area contributed by atoms with Crippen LogP contribution in [0.15, 0.2) is 42.1 Å². The molecule has 2 N–H and O–H groups in total. The molecule has 0 aromatic heterocycles. The van der Waals surface area contributed by atoms with Crippen molar-refractivity contribution in [2.24, 2.45) is 0 Å². The lowest BCUT2D eigenvalue weighted by Crippen LogP contribution is -2.27. The number of rotatable bonds is 3. The van der Waals surface area contributed by atoms with Gasteiger partial charge < -0.3 is 15.5 Å². The second kappa shape index (κ2) is 6.77. The molecule has 3 nitrogen and oxygen atoms in total. The van der Waals surface area contributed by atoms with E-state index >= 15 is 0 Å². The van der Waals surface area contributed by atoms with E-state index in [1.165, 1.54) is 0 Å². The van der Waals surface area contributed by atoms with Crippen molar-refractivity contribution in [1.82, 2.24) is 5.32 Å². The summed E-state index contributed by atoms with van der Waals surface area (Å²) in [6.07, 6.45) is 8.45. The Bertz CT molecular complexity index is 564. The molecule has 20 heavy (non-hydrogen) atoms. The number of hydrogen-bond acceptors (Lipinski definition) is 2. The van der Waals surface area contributed by atoms with Crippen molar-refractivity contribution >= 4 is 40.3 Å². The van der Waals surface area contributed by atoms with Crippen molar-refractivity contribution in [3.63, 3.8) is 0 Å². The molecule has 0 saturated carbocycles. The number of halogens is 1. The summed E-state index contributed by atoms with van der Waals surface area (Å²) in [5, 5.41) is 7.56. The van der Waals surface area contributed by atoms with Crippen molar-refractivity contribution < 1.29 is 0 Å². The average molecular weight is 308 g/mol. The van der Waals surface area contributed by atoms with Crippen LogP contribution in [0.5, 0.6) is 0 Å². The number of thiocarbonyl (C=S) groups is 1. The highest BCUT2D eigenvalue weighted by atomic mass is 35.5. The molecule has 5 heteroatoms. The van der Waals surface area contributed by atoms with Crippen LogP contribution in [0.3, 0.4) is 0 Å². The number of nitrogens with zero attached hydrogens (tertiary/aromatic N) is 1. The van der Waals surface area contributed by atoms with Crippen LogP contribution in [-0.4, -0.2) is 19.2 Å². The van der Waals surface area contributed by atoms with Gasteiger partial charge in [0.15, 0.2) is 5.11 Å². The Kier molecular flexibility index (Phi) is 5.04. The zero-order chi connectivity index (χ0) is 14.5. The fourth-order valence-electron chi connectivity index (χ4n) is 1.95. The van der Waals surface area contributed by atoms with E-state index in [2.05, 4.69) is 22.8 Å². The molecule has 0 amide bonds. The van der Waals surface area contributed by atoms with Crippen LogP contribution >= 0.6 is 23.8 Å². The topological polar surface area (TPSA) is 27.3 Å². The van der Waals surface area contributed by atoms with E-state index in [1.54, 1.807) is 0 Å². The molecule has 0 saturated heterocycles. The van der Waals surface area contributed by atoms with E-state index < -0.39 is 0 Å². The lowest BCUT2D eigenvalue weighted by Gasteiger charge is -2.17. The number of allylic oxidation sites excluding steroid dienone is 3. The molecule has 106 valence electrons. The van der Waals surface area contributed by atoms with Gasteiger partial charge in [-0.1, -0.05) is 23.8 Å². The standard InChI is InChI=1S/C15H18ClN3S/c1-19(2)14-9-8-12(10-13(14)16)18-15(20)17-11-6-4-3-5-7-11/h4,6-10H,3,5H2,1-2H3,(H2,17,18,20). The van der Waals surface area contributed by atoms with Gasteiger partial charge in [0.1, 0.15) is 0 Å². The maximum Gasteiger partial charge on any atom is 0.175 e. The van der Waals surface area contributed by atoms with Gasteiger partial charge >= 0.3 is 0 Å². The minimum Gasteiger partial charge on any atom is -0.376 e. The fourth-order valence-corrected chi connectivity index (χ4v) is 2.53. The molecular formula is C15H18ClN3S. The first-order valence-electron chi connectivity index (χ1n) is 6.48. The molecule has 1 aromatic rings. The minimum absolute atomic E-state index is 0.566. The minimum atomic E-state index is 0.566. The second-order valence-corrected chi connectivity index (χ2v) is 5.59. The van der Waals surface area contributed by atoms with E-state index in [-0.39, 0.29) is 0 Å². The lowest BCUT2D eigenvalue weighted by atomic mass is 10.1. The van der Waals surface area contributed by atoms with Crippen LogP contribution < -0.4 is 15.5 Å². The fraction of sp³-hybridized carbons (Fsp3) is 0.267. The normalized spacial score (nSPS) is 13.7. The third kappa shape index (κ3) is 3.99. The summed E-state index contributed by atoms with van der Waals surface area (Å²) in [6.45, 7) is 0. The molecule has 0 unspecified atom stereocenters. The summed E-state index contributed by atoms with van der Waals surface area (Å²) >= 11 is 11.5. The zero-order valence-corrected chi connectivity index (χ0v) is 13.2. The molecule has 0 atom stereocenters. The Labute approximate surface area is 130 Å².